The summed E-state index contributed by atoms with van der Waals surface area (Å²) in [5.74, 6) is 0. The van der Waals surface area contributed by atoms with Gasteiger partial charge in [0.25, 0.3) is 0 Å². The van der Waals surface area contributed by atoms with Crippen LogP contribution < -0.4 is 10.0 Å². The van der Waals surface area contributed by atoms with Crippen molar-refractivity contribution in [3.05, 3.63) is 34.3 Å². The van der Waals surface area contributed by atoms with Gasteiger partial charge in [-0.15, -0.1) is 11.3 Å². The van der Waals surface area contributed by atoms with E-state index in [9.17, 15) is 8.42 Å². The first kappa shape index (κ1) is 15.2. The van der Waals surface area contributed by atoms with Crippen LogP contribution >= 0.6 is 11.3 Å². The van der Waals surface area contributed by atoms with E-state index in [-0.39, 0.29) is 0 Å². The lowest BCUT2D eigenvalue weighted by atomic mass is 10.3. The molecule has 0 saturated heterocycles. The highest BCUT2D eigenvalue weighted by molar-refractivity contribution is 7.89. The maximum atomic E-state index is 12.2. The van der Waals surface area contributed by atoms with Crippen LogP contribution in [0, 0.1) is 0 Å². The second kappa shape index (κ2) is 6.49. The van der Waals surface area contributed by atoms with Gasteiger partial charge in [0.05, 0.1) is 11.1 Å². The summed E-state index contributed by atoms with van der Waals surface area (Å²) in [5.41, 5.74) is 1.01. The molecule has 110 valence electrons. The van der Waals surface area contributed by atoms with E-state index in [2.05, 4.69) is 15.1 Å². The SMILES string of the molecule is CNCc1sccc1S(=O)(=O)NCCc1cnn(C)c1. The van der Waals surface area contributed by atoms with Crippen molar-refractivity contribution in [1.82, 2.24) is 19.8 Å². The first-order chi connectivity index (χ1) is 9.53. The molecule has 0 aromatic carbocycles. The molecule has 0 fully saturated rings. The number of thiophene rings is 1. The Hall–Kier alpha value is -1.22. The zero-order valence-corrected chi connectivity index (χ0v) is 13.1. The van der Waals surface area contributed by atoms with Gasteiger partial charge >= 0.3 is 0 Å². The van der Waals surface area contributed by atoms with Crippen molar-refractivity contribution in [1.29, 1.82) is 0 Å². The summed E-state index contributed by atoms with van der Waals surface area (Å²) in [5, 5.41) is 8.82. The van der Waals surface area contributed by atoms with Crippen LogP contribution in [-0.2, 0) is 30.0 Å². The number of rotatable bonds is 7. The van der Waals surface area contributed by atoms with Crippen molar-refractivity contribution >= 4 is 21.4 Å². The lowest BCUT2D eigenvalue weighted by Crippen LogP contribution is -2.26. The Morgan fingerprint density at radius 1 is 1.45 bits per heavy atom. The van der Waals surface area contributed by atoms with E-state index in [4.69, 9.17) is 0 Å². The molecule has 2 rings (SSSR count). The van der Waals surface area contributed by atoms with E-state index >= 15 is 0 Å². The summed E-state index contributed by atoms with van der Waals surface area (Å²) in [7, 11) is 0.194. The van der Waals surface area contributed by atoms with E-state index in [0.717, 1.165) is 10.4 Å². The molecule has 8 heteroatoms. The molecule has 6 nitrogen and oxygen atoms in total. The molecule has 0 aliphatic carbocycles. The number of nitrogens with zero attached hydrogens (tertiary/aromatic N) is 2. The molecule has 0 unspecified atom stereocenters. The van der Waals surface area contributed by atoms with E-state index in [0.29, 0.717) is 24.4 Å². The van der Waals surface area contributed by atoms with Gasteiger partial charge in [-0.3, -0.25) is 4.68 Å². The molecule has 0 aliphatic heterocycles. The first-order valence-corrected chi connectivity index (χ1v) is 8.57. The molecule has 0 spiro atoms. The Kier molecular flexibility index (Phi) is 4.92. The van der Waals surface area contributed by atoms with Crippen molar-refractivity contribution in [3.8, 4) is 0 Å². The molecule has 0 atom stereocenters. The minimum absolute atomic E-state index is 0.364. The molecular weight excluding hydrogens is 296 g/mol. The van der Waals surface area contributed by atoms with Gasteiger partial charge in [0.15, 0.2) is 0 Å². The lowest BCUT2D eigenvalue weighted by molar-refractivity contribution is 0.580. The summed E-state index contributed by atoms with van der Waals surface area (Å²) in [6.45, 7) is 0.916. The Morgan fingerprint density at radius 2 is 2.25 bits per heavy atom. The Balaban J connectivity index is 1.98. The summed E-state index contributed by atoms with van der Waals surface area (Å²) >= 11 is 1.44. The van der Waals surface area contributed by atoms with Crippen LogP contribution in [0.4, 0.5) is 0 Å². The first-order valence-electron chi connectivity index (χ1n) is 6.21. The molecule has 0 saturated carbocycles. The smallest absolute Gasteiger partial charge is 0.241 e. The van der Waals surface area contributed by atoms with Crippen LogP contribution in [0.1, 0.15) is 10.4 Å². The number of aryl methyl sites for hydroxylation is 1. The predicted molar refractivity (Wildman–Crippen MR) is 79.2 cm³/mol. The number of sulfonamides is 1. The standard InChI is InChI=1S/C12H18N4O2S2/c1-13-8-11-12(4-6-19-11)20(17,18)15-5-3-10-7-14-16(2)9-10/h4,6-7,9,13,15H,3,5,8H2,1-2H3. The molecular formula is C12H18N4O2S2. The minimum Gasteiger partial charge on any atom is -0.315 e. The maximum Gasteiger partial charge on any atom is 0.241 e. The maximum absolute atomic E-state index is 12.2. The number of hydrogen-bond donors (Lipinski definition) is 2. The fourth-order valence-electron chi connectivity index (χ4n) is 1.87. The monoisotopic (exact) mass is 314 g/mol. The van der Waals surface area contributed by atoms with Crippen LogP contribution in [-0.4, -0.2) is 31.8 Å². The Bertz CT molecular complexity index is 661. The molecule has 2 N–H and O–H groups in total. The topological polar surface area (TPSA) is 76.0 Å². The third-order valence-electron chi connectivity index (χ3n) is 2.80. The van der Waals surface area contributed by atoms with E-state index in [1.54, 1.807) is 29.4 Å². The molecule has 0 bridgehead atoms. The van der Waals surface area contributed by atoms with Crippen LogP contribution in [0.15, 0.2) is 28.7 Å². The molecule has 0 amide bonds. The predicted octanol–water partition coefficient (Wildman–Crippen LogP) is 0.722. The minimum atomic E-state index is -3.44. The van der Waals surface area contributed by atoms with E-state index in [1.165, 1.54) is 11.3 Å². The molecule has 20 heavy (non-hydrogen) atoms. The fraction of sp³-hybridized carbons (Fsp3) is 0.417. The van der Waals surface area contributed by atoms with Gasteiger partial charge in [0, 0.05) is 31.2 Å². The van der Waals surface area contributed by atoms with Gasteiger partial charge in [0.2, 0.25) is 10.0 Å². The van der Waals surface area contributed by atoms with Crippen LogP contribution in [0.3, 0.4) is 0 Å². The molecule has 0 radical (unpaired) electrons. The quantitative estimate of drug-likeness (QED) is 0.790. The molecule has 2 heterocycles. The average molecular weight is 314 g/mol. The molecule has 2 aromatic heterocycles. The normalized spacial score (nSPS) is 11.9. The highest BCUT2D eigenvalue weighted by atomic mass is 32.2. The van der Waals surface area contributed by atoms with E-state index < -0.39 is 10.0 Å². The number of nitrogens with one attached hydrogen (secondary N) is 2. The zero-order chi connectivity index (χ0) is 14.6. The van der Waals surface area contributed by atoms with Crippen LogP contribution in [0.25, 0.3) is 0 Å². The van der Waals surface area contributed by atoms with Crippen LogP contribution in [0.2, 0.25) is 0 Å². The van der Waals surface area contributed by atoms with Crippen molar-refractivity contribution < 1.29 is 8.42 Å². The second-order valence-electron chi connectivity index (χ2n) is 4.41. The third kappa shape index (κ3) is 3.66. The van der Waals surface area contributed by atoms with Crippen molar-refractivity contribution in [2.75, 3.05) is 13.6 Å². The average Bonchev–Trinajstić information content (AvgIpc) is 2.99. The second-order valence-corrected chi connectivity index (χ2v) is 7.14. The van der Waals surface area contributed by atoms with E-state index in [1.807, 2.05) is 13.2 Å². The summed E-state index contributed by atoms with van der Waals surface area (Å²) in [6.07, 6.45) is 4.25. The molecule has 2 aromatic rings. The largest absolute Gasteiger partial charge is 0.315 e. The highest BCUT2D eigenvalue weighted by Gasteiger charge is 2.18. The van der Waals surface area contributed by atoms with Crippen molar-refractivity contribution in [2.24, 2.45) is 7.05 Å². The zero-order valence-electron chi connectivity index (χ0n) is 11.5. The number of hydrogen-bond acceptors (Lipinski definition) is 5. The highest BCUT2D eigenvalue weighted by Crippen LogP contribution is 2.21. The van der Waals surface area contributed by atoms with Gasteiger partial charge < -0.3 is 5.32 Å². The third-order valence-corrected chi connectivity index (χ3v) is 5.39. The summed E-state index contributed by atoms with van der Waals surface area (Å²) < 4.78 is 28.8. The van der Waals surface area contributed by atoms with Gasteiger partial charge in [0.1, 0.15) is 0 Å². The number of aromatic nitrogens is 2. The van der Waals surface area contributed by atoms with Gasteiger partial charge in [-0.25, -0.2) is 13.1 Å². The van der Waals surface area contributed by atoms with Crippen molar-refractivity contribution in [3.63, 3.8) is 0 Å². The Morgan fingerprint density at radius 3 is 2.90 bits per heavy atom. The van der Waals surface area contributed by atoms with Crippen LogP contribution in [0.5, 0.6) is 0 Å². The van der Waals surface area contributed by atoms with Crippen molar-refractivity contribution in [2.45, 2.75) is 17.9 Å². The Labute approximate surface area is 122 Å². The summed E-state index contributed by atoms with van der Waals surface area (Å²) in [4.78, 5) is 1.18. The lowest BCUT2D eigenvalue weighted by Gasteiger charge is -2.07. The summed E-state index contributed by atoms with van der Waals surface area (Å²) in [6, 6.07) is 1.64. The molecule has 0 aliphatic rings. The van der Waals surface area contributed by atoms with Gasteiger partial charge in [-0.2, -0.15) is 5.10 Å². The van der Waals surface area contributed by atoms with Gasteiger partial charge in [-0.1, -0.05) is 0 Å². The fourth-order valence-corrected chi connectivity index (χ4v) is 4.35. The van der Waals surface area contributed by atoms with Gasteiger partial charge in [-0.05, 0) is 30.5 Å².